The third-order valence-corrected chi connectivity index (χ3v) is 8.80. The Bertz CT molecular complexity index is 1200. The highest BCUT2D eigenvalue weighted by molar-refractivity contribution is 5.43. The summed E-state index contributed by atoms with van der Waals surface area (Å²) in [6.07, 6.45) is -14.7. The summed E-state index contributed by atoms with van der Waals surface area (Å²) in [4.78, 5) is 0. The Kier molecular flexibility index (Phi) is 13.6. The maximum atomic E-state index is 10.6. The molecule has 2 aliphatic rings. The largest absolute Gasteiger partial charge is 0.504 e. The molecular weight excluding hydrogens is 640 g/mol. The van der Waals surface area contributed by atoms with Crippen molar-refractivity contribution in [2.45, 2.75) is 74.3 Å². The molecule has 2 aliphatic heterocycles. The summed E-state index contributed by atoms with van der Waals surface area (Å²) < 4.78 is 33.6. The zero-order chi connectivity index (χ0) is 35.1. The van der Waals surface area contributed by atoms with Crippen LogP contribution in [0, 0.1) is 11.8 Å². The van der Waals surface area contributed by atoms with Gasteiger partial charge in [-0.15, -0.1) is 0 Å². The van der Waals surface area contributed by atoms with Gasteiger partial charge in [-0.2, -0.15) is 0 Å². The maximum Gasteiger partial charge on any atom is 0.186 e. The second-order valence-electron chi connectivity index (χ2n) is 12.0. The Balaban J connectivity index is 1.66. The standard InChI is InChI=1S/C32H46O16/c1-43-21-9-15(3-5-19(21)35)7-17(13-45-31-29(41)27(39)25(37)23(11-33)47-31)18(8-16-4-6-20(36)22(10-16)44-2)14-46-32-30(42)28(40)26(38)24(12-34)48-32/h3-6,9-10,17-18,23-42H,7-8,11-14H2,1-2H3/t17-,18-,23+,24+,25+,26+,27-,28-,29+,30+,31+,32+/m0/s1. The Morgan fingerprint density at radius 1 is 0.583 bits per heavy atom. The molecule has 270 valence electrons. The van der Waals surface area contributed by atoms with Gasteiger partial charge in [0.2, 0.25) is 0 Å². The van der Waals surface area contributed by atoms with Gasteiger partial charge < -0.3 is 79.5 Å². The van der Waals surface area contributed by atoms with Crippen LogP contribution in [0.1, 0.15) is 11.1 Å². The molecule has 0 spiro atoms. The first-order valence-corrected chi connectivity index (χ1v) is 15.5. The predicted octanol–water partition coefficient (Wildman–Crippen LogP) is -2.23. The average Bonchev–Trinajstić information content (AvgIpc) is 3.09. The molecule has 2 fully saturated rings. The highest BCUT2D eigenvalue weighted by Crippen LogP contribution is 2.34. The van der Waals surface area contributed by atoms with Crippen molar-refractivity contribution in [1.29, 1.82) is 0 Å². The van der Waals surface area contributed by atoms with Crippen LogP contribution in [-0.2, 0) is 31.8 Å². The van der Waals surface area contributed by atoms with Gasteiger partial charge in [0.05, 0.1) is 40.6 Å². The predicted molar refractivity (Wildman–Crippen MR) is 163 cm³/mol. The van der Waals surface area contributed by atoms with Crippen LogP contribution in [-0.4, -0.2) is 153 Å². The lowest BCUT2D eigenvalue weighted by atomic mass is 9.83. The molecule has 0 unspecified atom stereocenters. The molecule has 2 aromatic carbocycles. The van der Waals surface area contributed by atoms with E-state index in [0.717, 1.165) is 0 Å². The summed E-state index contributed by atoms with van der Waals surface area (Å²) in [7, 11) is 2.79. The summed E-state index contributed by atoms with van der Waals surface area (Å²) in [6.45, 7) is -1.63. The van der Waals surface area contributed by atoms with E-state index in [1.165, 1.54) is 26.4 Å². The molecule has 16 heteroatoms. The molecule has 0 saturated carbocycles. The zero-order valence-electron chi connectivity index (χ0n) is 26.6. The molecular formula is C32H46O16. The van der Waals surface area contributed by atoms with E-state index < -0.39 is 86.5 Å². The normalized spacial score (nSPS) is 32.0. The molecule has 0 amide bonds. The first kappa shape index (κ1) is 38.0. The molecule has 12 atom stereocenters. The smallest absolute Gasteiger partial charge is 0.186 e. The quantitative estimate of drug-likeness (QED) is 0.0951. The molecule has 0 aliphatic carbocycles. The molecule has 0 bridgehead atoms. The Morgan fingerprint density at radius 2 is 0.958 bits per heavy atom. The molecule has 16 nitrogen and oxygen atoms in total. The fourth-order valence-electron chi connectivity index (χ4n) is 5.87. The first-order valence-electron chi connectivity index (χ1n) is 15.5. The Labute approximate surface area is 276 Å². The van der Waals surface area contributed by atoms with Crippen LogP contribution in [0.15, 0.2) is 36.4 Å². The van der Waals surface area contributed by atoms with Gasteiger partial charge in [-0.25, -0.2) is 0 Å². The van der Waals surface area contributed by atoms with E-state index in [1.807, 2.05) is 0 Å². The topological polar surface area (TPSA) is 258 Å². The third kappa shape index (κ3) is 8.84. The van der Waals surface area contributed by atoms with Crippen LogP contribution in [0.25, 0.3) is 0 Å². The molecule has 0 aromatic heterocycles. The van der Waals surface area contributed by atoms with E-state index in [4.69, 9.17) is 28.4 Å². The van der Waals surface area contributed by atoms with Crippen molar-refractivity contribution in [3.05, 3.63) is 47.5 Å². The van der Waals surface area contributed by atoms with Crippen molar-refractivity contribution in [3.63, 3.8) is 0 Å². The van der Waals surface area contributed by atoms with Crippen LogP contribution < -0.4 is 9.47 Å². The number of benzene rings is 2. The lowest BCUT2D eigenvalue weighted by molar-refractivity contribution is -0.308. The first-order chi connectivity index (χ1) is 22.9. The number of aromatic hydroxyl groups is 2. The average molecular weight is 687 g/mol. The van der Waals surface area contributed by atoms with Crippen LogP contribution in [0.3, 0.4) is 0 Å². The third-order valence-electron chi connectivity index (χ3n) is 8.80. The highest BCUT2D eigenvalue weighted by Gasteiger charge is 2.46. The number of aliphatic hydroxyl groups is 8. The number of aliphatic hydroxyl groups excluding tert-OH is 8. The summed E-state index contributed by atoms with van der Waals surface area (Å²) in [5.41, 5.74) is 1.38. The fraction of sp³-hybridized carbons (Fsp3) is 0.625. The van der Waals surface area contributed by atoms with Crippen LogP contribution in [0.2, 0.25) is 0 Å². The molecule has 2 aromatic rings. The Morgan fingerprint density at radius 3 is 1.29 bits per heavy atom. The van der Waals surface area contributed by atoms with Crippen molar-refractivity contribution < 1.29 is 79.5 Å². The van der Waals surface area contributed by atoms with Crippen LogP contribution in [0.4, 0.5) is 0 Å². The van der Waals surface area contributed by atoms with E-state index >= 15 is 0 Å². The summed E-state index contributed by atoms with van der Waals surface area (Å²) >= 11 is 0. The van der Waals surface area contributed by atoms with Crippen molar-refractivity contribution in [2.24, 2.45) is 11.8 Å². The van der Waals surface area contributed by atoms with E-state index in [-0.39, 0.29) is 49.1 Å². The lowest BCUT2D eigenvalue weighted by Gasteiger charge is -2.41. The molecule has 10 N–H and O–H groups in total. The number of rotatable bonds is 15. The molecule has 4 rings (SSSR count). The molecule has 0 radical (unpaired) electrons. The van der Waals surface area contributed by atoms with Crippen molar-refractivity contribution >= 4 is 0 Å². The monoisotopic (exact) mass is 686 g/mol. The van der Waals surface area contributed by atoms with Gasteiger partial charge >= 0.3 is 0 Å². The Hall–Kier alpha value is -2.84. The number of ether oxygens (including phenoxy) is 6. The van der Waals surface area contributed by atoms with Crippen molar-refractivity contribution in [3.8, 4) is 23.0 Å². The second-order valence-corrected chi connectivity index (χ2v) is 12.0. The lowest BCUT2D eigenvalue weighted by Crippen LogP contribution is -2.59. The zero-order valence-corrected chi connectivity index (χ0v) is 26.6. The maximum absolute atomic E-state index is 10.6. The van der Waals surface area contributed by atoms with Crippen molar-refractivity contribution in [1.82, 2.24) is 0 Å². The number of hydrogen-bond donors (Lipinski definition) is 10. The van der Waals surface area contributed by atoms with Crippen molar-refractivity contribution in [2.75, 3.05) is 40.6 Å². The van der Waals surface area contributed by atoms with E-state index in [1.54, 1.807) is 24.3 Å². The van der Waals surface area contributed by atoms with Gasteiger partial charge in [0.25, 0.3) is 0 Å². The van der Waals surface area contributed by atoms with Gasteiger partial charge in [0.1, 0.15) is 48.8 Å². The van der Waals surface area contributed by atoms with Gasteiger partial charge in [-0.05, 0) is 60.1 Å². The number of phenols is 2. The fourth-order valence-corrected chi connectivity index (χ4v) is 5.87. The molecule has 2 heterocycles. The summed E-state index contributed by atoms with van der Waals surface area (Å²) in [5.74, 6) is -0.854. The minimum absolute atomic E-state index is 0.0888. The second kappa shape index (κ2) is 17.2. The number of methoxy groups -OCH3 is 2. The van der Waals surface area contributed by atoms with Gasteiger partial charge in [0, 0.05) is 0 Å². The number of hydrogen-bond acceptors (Lipinski definition) is 16. The van der Waals surface area contributed by atoms with E-state index in [9.17, 15) is 51.1 Å². The van der Waals surface area contributed by atoms with Crippen LogP contribution >= 0.6 is 0 Å². The minimum atomic E-state index is -1.67. The minimum Gasteiger partial charge on any atom is -0.504 e. The van der Waals surface area contributed by atoms with E-state index in [2.05, 4.69) is 0 Å². The van der Waals surface area contributed by atoms with E-state index in [0.29, 0.717) is 11.1 Å². The van der Waals surface area contributed by atoms with Gasteiger partial charge in [0.15, 0.2) is 35.6 Å². The number of phenolic OH excluding ortho intramolecular Hbond substituents is 2. The molecule has 2 saturated heterocycles. The van der Waals surface area contributed by atoms with Crippen LogP contribution in [0.5, 0.6) is 23.0 Å². The summed E-state index contributed by atoms with van der Waals surface area (Å²) in [5, 5.41) is 102. The SMILES string of the molecule is COc1cc(C[C@@H](CO[C@@H]2O[C@H](CO)[C@@H](O)[C@H](O)[C@H]2O)[C@H](CO[C@@H]2O[C@H](CO)[C@@H](O)[C@H](O)[C@H]2O)Cc2ccc(O)c(OC)c2)ccc1O. The molecule has 48 heavy (non-hydrogen) atoms. The summed E-state index contributed by atoms with van der Waals surface area (Å²) in [6, 6.07) is 9.47. The van der Waals surface area contributed by atoms with Gasteiger partial charge in [-0.3, -0.25) is 0 Å². The van der Waals surface area contributed by atoms with Gasteiger partial charge in [-0.1, -0.05) is 12.1 Å². The highest BCUT2D eigenvalue weighted by atomic mass is 16.7.